The van der Waals surface area contributed by atoms with Crippen LogP contribution < -0.4 is 5.73 Å². The molecule has 1 aromatic carbocycles. The van der Waals surface area contributed by atoms with Crippen molar-refractivity contribution in [1.29, 1.82) is 0 Å². The summed E-state index contributed by atoms with van der Waals surface area (Å²) in [5, 5.41) is 8.50. The Bertz CT molecular complexity index is 371. The fourth-order valence-electron chi connectivity index (χ4n) is 1.08. The van der Waals surface area contributed by atoms with Crippen LogP contribution in [0.3, 0.4) is 0 Å². The third-order valence-corrected chi connectivity index (χ3v) is 1.82. The molecule has 0 heterocycles. The van der Waals surface area contributed by atoms with Gasteiger partial charge in [0.1, 0.15) is 0 Å². The van der Waals surface area contributed by atoms with Gasteiger partial charge >= 0.3 is 6.18 Å². The van der Waals surface area contributed by atoms with Crippen LogP contribution in [0.5, 0.6) is 0 Å². The normalized spacial score (nSPS) is 12.3. The van der Waals surface area contributed by atoms with E-state index in [4.69, 9.17) is 10.8 Å². The lowest BCUT2D eigenvalue weighted by molar-refractivity contribution is -0.137. The molecule has 2 nitrogen and oxygen atoms in total. The third-order valence-electron chi connectivity index (χ3n) is 1.82. The molecule has 0 atom stereocenters. The van der Waals surface area contributed by atoms with Crippen LogP contribution in [0.2, 0.25) is 0 Å². The highest BCUT2D eigenvalue weighted by Crippen LogP contribution is 2.31. The average Bonchev–Trinajstić information content (AvgIpc) is 2.15. The zero-order chi connectivity index (χ0) is 11.5. The van der Waals surface area contributed by atoms with Crippen LogP contribution in [0.15, 0.2) is 24.3 Å². The molecule has 0 unspecified atom stereocenters. The van der Waals surface area contributed by atoms with Crippen LogP contribution in [-0.4, -0.2) is 11.7 Å². The van der Waals surface area contributed by atoms with Gasteiger partial charge in [0.2, 0.25) is 0 Å². The van der Waals surface area contributed by atoms with E-state index in [2.05, 4.69) is 0 Å². The predicted molar refractivity (Wildman–Crippen MR) is 52.0 cm³/mol. The third kappa shape index (κ3) is 2.99. The lowest BCUT2D eigenvalue weighted by Gasteiger charge is -2.08. The number of hydrogen-bond acceptors (Lipinski definition) is 2. The average molecular weight is 217 g/mol. The molecule has 0 aliphatic carbocycles. The van der Waals surface area contributed by atoms with Gasteiger partial charge in [0.25, 0.3) is 0 Å². The maximum atomic E-state index is 12.3. The second-order valence-electron chi connectivity index (χ2n) is 2.93. The summed E-state index contributed by atoms with van der Waals surface area (Å²) in [6, 6.07) is 3.06. The monoisotopic (exact) mass is 217 g/mol. The van der Waals surface area contributed by atoms with Crippen molar-refractivity contribution in [2.24, 2.45) is 0 Å². The summed E-state index contributed by atoms with van der Waals surface area (Å²) in [6.45, 7) is -0.240. The zero-order valence-electron chi connectivity index (χ0n) is 7.75. The van der Waals surface area contributed by atoms with Crippen LogP contribution in [0.25, 0.3) is 6.08 Å². The quantitative estimate of drug-likeness (QED) is 0.746. The van der Waals surface area contributed by atoms with Crippen molar-refractivity contribution < 1.29 is 18.3 Å². The number of nitrogen functional groups attached to an aromatic ring is 1. The topological polar surface area (TPSA) is 46.2 Å². The van der Waals surface area contributed by atoms with Gasteiger partial charge in [-0.2, -0.15) is 13.2 Å². The van der Waals surface area contributed by atoms with Crippen molar-refractivity contribution in [3.63, 3.8) is 0 Å². The molecule has 0 aromatic heterocycles. The van der Waals surface area contributed by atoms with Crippen LogP contribution in [-0.2, 0) is 6.18 Å². The number of anilines is 1. The number of benzene rings is 1. The number of halogens is 3. The first-order valence-corrected chi connectivity index (χ1v) is 4.19. The van der Waals surface area contributed by atoms with E-state index in [0.29, 0.717) is 0 Å². The van der Waals surface area contributed by atoms with E-state index in [1.54, 1.807) is 0 Å². The summed E-state index contributed by atoms with van der Waals surface area (Å²) in [4.78, 5) is 0. The summed E-state index contributed by atoms with van der Waals surface area (Å²) in [5.74, 6) is 0. The van der Waals surface area contributed by atoms with E-state index in [-0.39, 0.29) is 17.9 Å². The minimum atomic E-state index is -4.38. The highest BCUT2D eigenvalue weighted by molar-refractivity contribution is 5.65. The Hall–Kier alpha value is -1.49. The molecule has 0 amide bonds. The van der Waals surface area contributed by atoms with E-state index < -0.39 is 11.7 Å². The highest BCUT2D eigenvalue weighted by atomic mass is 19.4. The Kier molecular flexibility index (Phi) is 3.36. The van der Waals surface area contributed by atoms with Gasteiger partial charge in [-0.05, 0) is 23.8 Å². The van der Waals surface area contributed by atoms with E-state index in [1.165, 1.54) is 18.2 Å². The van der Waals surface area contributed by atoms with Crippen molar-refractivity contribution in [2.75, 3.05) is 12.3 Å². The van der Waals surface area contributed by atoms with Gasteiger partial charge in [0, 0.05) is 5.69 Å². The summed E-state index contributed by atoms with van der Waals surface area (Å²) < 4.78 is 36.9. The minimum absolute atomic E-state index is 0.240. The molecule has 0 saturated heterocycles. The number of aliphatic hydroxyl groups is 1. The van der Waals surface area contributed by atoms with Crippen LogP contribution in [0.1, 0.15) is 11.1 Å². The largest absolute Gasteiger partial charge is 0.416 e. The summed E-state index contributed by atoms with van der Waals surface area (Å²) in [7, 11) is 0. The molecule has 0 aliphatic rings. The molecule has 15 heavy (non-hydrogen) atoms. The lowest BCUT2D eigenvalue weighted by Crippen LogP contribution is -2.05. The van der Waals surface area contributed by atoms with Crippen molar-refractivity contribution in [2.45, 2.75) is 6.18 Å². The molecule has 0 radical (unpaired) electrons. The Morgan fingerprint density at radius 3 is 2.53 bits per heavy atom. The Morgan fingerprint density at radius 2 is 2.00 bits per heavy atom. The van der Waals surface area contributed by atoms with E-state index >= 15 is 0 Å². The van der Waals surface area contributed by atoms with Gasteiger partial charge in [0.15, 0.2) is 0 Å². The number of rotatable bonds is 2. The van der Waals surface area contributed by atoms with Gasteiger partial charge < -0.3 is 10.8 Å². The Balaban J connectivity index is 3.11. The summed E-state index contributed by atoms with van der Waals surface area (Å²) >= 11 is 0. The molecule has 0 fully saturated rings. The molecule has 3 N–H and O–H groups in total. The van der Waals surface area contributed by atoms with Gasteiger partial charge in [0.05, 0.1) is 12.2 Å². The fraction of sp³-hybridized carbons (Fsp3) is 0.200. The fourth-order valence-corrected chi connectivity index (χ4v) is 1.08. The van der Waals surface area contributed by atoms with Crippen LogP contribution in [0.4, 0.5) is 18.9 Å². The zero-order valence-corrected chi connectivity index (χ0v) is 7.75. The maximum Gasteiger partial charge on any atom is 0.416 e. The van der Waals surface area contributed by atoms with Gasteiger partial charge in [-0.3, -0.25) is 0 Å². The molecule has 0 saturated carbocycles. The molecule has 5 heteroatoms. The number of alkyl halides is 3. The molecule has 0 spiro atoms. The van der Waals surface area contributed by atoms with Crippen molar-refractivity contribution in [1.82, 2.24) is 0 Å². The molecule has 1 rings (SSSR count). The molecule has 0 bridgehead atoms. The standard InChI is InChI=1S/C10H10F3NO/c11-10(12,13)8-3-4-9(14)7(6-8)2-1-5-15/h1-4,6,15H,5,14H2. The SMILES string of the molecule is Nc1ccc(C(F)(F)F)cc1C=CCO. The summed E-state index contributed by atoms with van der Waals surface area (Å²) in [6.07, 6.45) is -1.70. The first-order chi connectivity index (χ1) is 6.95. The van der Waals surface area contributed by atoms with Crippen molar-refractivity contribution in [3.05, 3.63) is 35.4 Å². The predicted octanol–water partition coefficient (Wildman–Crippen LogP) is 2.29. The van der Waals surface area contributed by atoms with E-state index in [9.17, 15) is 13.2 Å². The smallest absolute Gasteiger partial charge is 0.398 e. The second-order valence-corrected chi connectivity index (χ2v) is 2.93. The molecule has 0 aliphatic heterocycles. The van der Waals surface area contributed by atoms with E-state index in [0.717, 1.165) is 12.1 Å². The molecule has 82 valence electrons. The number of nitrogens with two attached hydrogens (primary N) is 1. The van der Waals surface area contributed by atoms with Gasteiger partial charge in [-0.1, -0.05) is 12.2 Å². The number of hydrogen-bond donors (Lipinski definition) is 2. The first-order valence-electron chi connectivity index (χ1n) is 4.19. The van der Waals surface area contributed by atoms with Crippen LogP contribution >= 0.6 is 0 Å². The number of aliphatic hydroxyl groups excluding tert-OH is 1. The second kappa shape index (κ2) is 4.35. The van der Waals surface area contributed by atoms with Crippen molar-refractivity contribution >= 4 is 11.8 Å². The molecule has 1 aromatic rings. The van der Waals surface area contributed by atoms with Gasteiger partial charge in [-0.25, -0.2) is 0 Å². The maximum absolute atomic E-state index is 12.3. The molecular weight excluding hydrogens is 207 g/mol. The van der Waals surface area contributed by atoms with Gasteiger partial charge in [-0.15, -0.1) is 0 Å². The van der Waals surface area contributed by atoms with Crippen molar-refractivity contribution in [3.8, 4) is 0 Å². The van der Waals surface area contributed by atoms with E-state index in [1.807, 2.05) is 0 Å². The Morgan fingerprint density at radius 1 is 1.33 bits per heavy atom. The van der Waals surface area contributed by atoms with Crippen LogP contribution in [0, 0.1) is 0 Å². The lowest BCUT2D eigenvalue weighted by atomic mass is 10.1. The Labute approximate surface area is 84.8 Å². The minimum Gasteiger partial charge on any atom is -0.398 e. The summed E-state index contributed by atoms with van der Waals surface area (Å²) in [5.41, 5.74) is 5.21. The highest BCUT2D eigenvalue weighted by Gasteiger charge is 2.30. The first kappa shape index (κ1) is 11.6. The molecular formula is C10H10F3NO.